The molecule has 0 saturated carbocycles. The van der Waals surface area contributed by atoms with E-state index in [1.54, 1.807) is 6.07 Å². The van der Waals surface area contributed by atoms with Crippen LogP contribution in [-0.2, 0) is 12.8 Å². The minimum Gasteiger partial charge on any atom is -0.382 e. The van der Waals surface area contributed by atoms with Gasteiger partial charge in [0.15, 0.2) is 0 Å². The molecular weight excluding hydrogens is 222 g/mol. The van der Waals surface area contributed by atoms with E-state index in [-0.39, 0.29) is 0 Å². The van der Waals surface area contributed by atoms with Gasteiger partial charge in [0.05, 0.1) is 5.69 Å². The van der Waals surface area contributed by atoms with E-state index in [1.165, 1.54) is 0 Å². The number of hydrogen-bond acceptors (Lipinski definition) is 3. The largest absolute Gasteiger partial charge is 0.382 e. The zero-order valence-corrected chi connectivity index (χ0v) is 9.48. The number of anilines is 1. The maximum atomic E-state index is 6.06. The zero-order chi connectivity index (χ0) is 11.4. The number of aromatic nitrogens is 2. The first-order chi connectivity index (χ1) is 7.75. The summed E-state index contributed by atoms with van der Waals surface area (Å²) in [7, 11) is 0. The molecule has 4 heteroatoms. The third-order valence-electron chi connectivity index (χ3n) is 2.35. The second-order valence-electron chi connectivity index (χ2n) is 3.54. The summed E-state index contributed by atoms with van der Waals surface area (Å²) in [5.74, 6) is 0.446. The Morgan fingerprint density at radius 2 is 1.81 bits per heavy atom. The van der Waals surface area contributed by atoms with Gasteiger partial charge in [-0.3, -0.25) is 0 Å². The Bertz CT molecular complexity index is 468. The number of halogens is 1. The van der Waals surface area contributed by atoms with Gasteiger partial charge in [-0.25, -0.2) is 0 Å². The molecule has 1 aromatic carbocycles. The van der Waals surface area contributed by atoms with Gasteiger partial charge in [-0.15, -0.1) is 5.10 Å². The summed E-state index contributed by atoms with van der Waals surface area (Å²) >= 11 is 6.06. The maximum absolute atomic E-state index is 6.06. The Labute approximate surface area is 99.3 Å². The lowest BCUT2D eigenvalue weighted by atomic mass is 10.1. The molecule has 2 rings (SSSR count). The van der Waals surface area contributed by atoms with Crippen molar-refractivity contribution in [3.05, 3.63) is 52.7 Å². The molecule has 0 aliphatic heterocycles. The molecule has 0 aliphatic rings. The molecule has 0 fully saturated rings. The van der Waals surface area contributed by atoms with Gasteiger partial charge >= 0.3 is 0 Å². The van der Waals surface area contributed by atoms with Crippen molar-refractivity contribution in [3.63, 3.8) is 0 Å². The first kappa shape index (κ1) is 10.9. The summed E-state index contributed by atoms with van der Waals surface area (Å²) in [6.07, 6.45) is 1.68. The molecule has 82 valence electrons. The van der Waals surface area contributed by atoms with Crippen LogP contribution in [0.3, 0.4) is 0 Å². The number of nitrogens with zero attached hydrogens (tertiary/aromatic N) is 2. The Kier molecular flexibility index (Phi) is 3.37. The smallest absolute Gasteiger partial charge is 0.146 e. The molecule has 2 aromatic rings. The normalized spacial score (nSPS) is 10.3. The van der Waals surface area contributed by atoms with Crippen molar-refractivity contribution in [1.82, 2.24) is 10.2 Å². The van der Waals surface area contributed by atoms with Crippen molar-refractivity contribution >= 4 is 17.4 Å². The standard InChI is InChI=1S/C12H12ClN3/c13-11-4-2-1-3-9(11)5-6-10-7-8-12(14)16-15-10/h1-4,7-8H,5-6H2,(H2,14,16). The Morgan fingerprint density at radius 3 is 2.50 bits per heavy atom. The number of hydrogen-bond donors (Lipinski definition) is 1. The molecule has 0 atom stereocenters. The van der Waals surface area contributed by atoms with E-state index in [2.05, 4.69) is 10.2 Å². The van der Waals surface area contributed by atoms with Gasteiger partial charge < -0.3 is 5.73 Å². The molecule has 1 aromatic heterocycles. The zero-order valence-electron chi connectivity index (χ0n) is 8.73. The Hall–Kier alpha value is -1.61. The van der Waals surface area contributed by atoms with Gasteiger partial charge in [0, 0.05) is 5.02 Å². The summed E-state index contributed by atoms with van der Waals surface area (Å²) in [4.78, 5) is 0. The monoisotopic (exact) mass is 233 g/mol. The maximum Gasteiger partial charge on any atom is 0.146 e. The van der Waals surface area contributed by atoms with E-state index in [1.807, 2.05) is 30.3 Å². The predicted octanol–water partition coefficient (Wildman–Crippen LogP) is 2.50. The van der Waals surface area contributed by atoms with Crippen LogP contribution in [0.25, 0.3) is 0 Å². The fourth-order valence-electron chi connectivity index (χ4n) is 1.47. The number of benzene rings is 1. The summed E-state index contributed by atoms with van der Waals surface area (Å²) in [6.45, 7) is 0. The van der Waals surface area contributed by atoms with Crippen LogP contribution in [-0.4, -0.2) is 10.2 Å². The van der Waals surface area contributed by atoms with Crippen molar-refractivity contribution in [2.75, 3.05) is 5.73 Å². The average Bonchev–Trinajstić information content (AvgIpc) is 2.30. The minimum atomic E-state index is 0.446. The molecule has 2 N–H and O–H groups in total. The van der Waals surface area contributed by atoms with Gasteiger partial charge in [-0.05, 0) is 36.6 Å². The molecule has 1 heterocycles. The number of nitrogen functional groups attached to an aromatic ring is 1. The minimum absolute atomic E-state index is 0.446. The fourth-order valence-corrected chi connectivity index (χ4v) is 1.70. The van der Waals surface area contributed by atoms with Crippen LogP contribution in [0.4, 0.5) is 5.82 Å². The first-order valence-electron chi connectivity index (χ1n) is 5.07. The molecule has 0 aliphatic carbocycles. The van der Waals surface area contributed by atoms with Crippen LogP contribution < -0.4 is 5.73 Å². The summed E-state index contributed by atoms with van der Waals surface area (Å²) in [6, 6.07) is 11.5. The molecule has 3 nitrogen and oxygen atoms in total. The van der Waals surface area contributed by atoms with Gasteiger partial charge in [-0.2, -0.15) is 5.10 Å². The Morgan fingerprint density at radius 1 is 1.00 bits per heavy atom. The highest BCUT2D eigenvalue weighted by atomic mass is 35.5. The van der Waals surface area contributed by atoms with Gasteiger partial charge in [0.25, 0.3) is 0 Å². The van der Waals surface area contributed by atoms with Crippen molar-refractivity contribution in [1.29, 1.82) is 0 Å². The lowest BCUT2D eigenvalue weighted by molar-refractivity contribution is 0.863. The van der Waals surface area contributed by atoms with Crippen LogP contribution >= 0.6 is 11.6 Å². The Balaban J connectivity index is 2.02. The highest BCUT2D eigenvalue weighted by Crippen LogP contribution is 2.16. The van der Waals surface area contributed by atoms with Crippen molar-refractivity contribution in [2.45, 2.75) is 12.8 Å². The highest BCUT2D eigenvalue weighted by molar-refractivity contribution is 6.31. The molecule has 0 saturated heterocycles. The third kappa shape index (κ3) is 2.70. The van der Waals surface area contributed by atoms with E-state index in [0.29, 0.717) is 5.82 Å². The van der Waals surface area contributed by atoms with Crippen molar-refractivity contribution in [3.8, 4) is 0 Å². The molecule has 0 bridgehead atoms. The third-order valence-corrected chi connectivity index (χ3v) is 2.72. The van der Waals surface area contributed by atoms with Gasteiger partial charge in [-0.1, -0.05) is 29.8 Å². The summed E-state index contributed by atoms with van der Waals surface area (Å²) in [5, 5.41) is 8.61. The molecular formula is C12H12ClN3. The van der Waals surface area contributed by atoms with E-state index in [4.69, 9.17) is 17.3 Å². The van der Waals surface area contributed by atoms with E-state index in [0.717, 1.165) is 29.1 Å². The van der Waals surface area contributed by atoms with Crippen LogP contribution in [0.1, 0.15) is 11.3 Å². The van der Waals surface area contributed by atoms with Gasteiger partial charge in [0.2, 0.25) is 0 Å². The van der Waals surface area contributed by atoms with Crippen LogP contribution in [0, 0.1) is 0 Å². The molecule has 0 radical (unpaired) electrons. The molecule has 0 spiro atoms. The highest BCUT2D eigenvalue weighted by Gasteiger charge is 2.01. The van der Waals surface area contributed by atoms with Crippen molar-refractivity contribution in [2.24, 2.45) is 0 Å². The van der Waals surface area contributed by atoms with Crippen LogP contribution in [0.2, 0.25) is 5.02 Å². The SMILES string of the molecule is Nc1ccc(CCc2ccccc2Cl)nn1. The van der Waals surface area contributed by atoms with Crippen molar-refractivity contribution < 1.29 is 0 Å². The average molecular weight is 234 g/mol. The lowest BCUT2D eigenvalue weighted by Crippen LogP contribution is -1.99. The summed E-state index contributed by atoms with van der Waals surface area (Å²) in [5.41, 5.74) is 7.52. The second kappa shape index (κ2) is 4.94. The number of aryl methyl sites for hydroxylation is 2. The molecule has 0 amide bonds. The topological polar surface area (TPSA) is 51.8 Å². The molecule has 0 unspecified atom stereocenters. The molecule has 16 heavy (non-hydrogen) atoms. The van der Waals surface area contributed by atoms with E-state index >= 15 is 0 Å². The number of rotatable bonds is 3. The van der Waals surface area contributed by atoms with Crippen LogP contribution in [0.5, 0.6) is 0 Å². The fraction of sp³-hybridized carbons (Fsp3) is 0.167. The quantitative estimate of drug-likeness (QED) is 0.886. The second-order valence-corrected chi connectivity index (χ2v) is 3.95. The number of nitrogens with two attached hydrogens (primary N) is 1. The predicted molar refractivity (Wildman–Crippen MR) is 65.3 cm³/mol. The van der Waals surface area contributed by atoms with E-state index in [9.17, 15) is 0 Å². The lowest BCUT2D eigenvalue weighted by Gasteiger charge is -2.03. The first-order valence-corrected chi connectivity index (χ1v) is 5.45. The summed E-state index contributed by atoms with van der Waals surface area (Å²) < 4.78 is 0. The van der Waals surface area contributed by atoms with Crippen LogP contribution in [0.15, 0.2) is 36.4 Å². The van der Waals surface area contributed by atoms with Gasteiger partial charge in [0.1, 0.15) is 5.82 Å². The van der Waals surface area contributed by atoms with E-state index < -0.39 is 0 Å².